The van der Waals surface area contributed by atoms with Gasteiger partial charge in [0.2, 0.25) is 0 Å². The fourth-order valence-electron chi connectivity index (χ4n) is 2.09. The van der Waals surface area contributed by atoms with Crippen molar-refractivity contribution in [3.8, 4) is 11.5 Å². The molecule has 0 aromatic heterocycles. The van der Waals surface area contributed by atoms with Gasteiger partial charge in [0.05, 0.1) is 0 Å². The summed E-state index contributed by atoms with van der Waals surface area (Å²) in [7, 11) is 0. The summed E-state index contributed by atoms with van der Waals surface area (Å²) in [5.41, 5.74) is 1.75. The standard InChI is InChI=1S/C17H18O3S/c1-2-17(14-6-4-3-5-7-14)21(20)11-10-13-8-9-15(18)16(19)12-13/h3-12,17-19H,2H2,1H3. The highest BCUT2D eigenvalue weighted by molar-refractivity contribution is 7.94. The summed E-state index contributed by atoms with van der Waals surface area (Å²) in [6, 6.07) is 14.3. The molecule has 0 radical (unpaired) electrons. The molecular formula is C17H18O3S. The topological polar surface area (TPSA) is 63.5 Å². The van der Waals surface area contributed by atoms with E-state index in [9.17, 15) is 14.8 Å². The van der Waals surface area contributed by atoms with Gasteiger partial charge in [0.1, 0.15) is 10.7 Å². The Bertz CT molecular complexity index is 611. The van der Waals surface area contributed by atoms with E-state index in [1.165, 1.54) is 12.1 Å². The Morgan fingerprint density at radius 1 is 1.10 bits per heavy atom. The molecule has 0 fully saturated rings. The summed E-state index contributed by atoms with van der Waals surface area (Å²) in [5.74, 6) is -0.345. The molecule has 0 amide bonds. The molecule has 2 rings (SSSR count). The lowest BCUT2D eigenvalue weighted by Crippen LogP contribution is -2.09. The lowest BCUT2D eigenvalue weighted by Gasteiger charge is -2.17. The van der Waals surface area contributed by atoms with E-state index in [-0.39, 0.29) is 16.7 Å². The van der Waals surface area contributed by atoms with Crippen molar-refractivity contribution in [3.05, 3.63) is 65.1 Å². The lowest BCUT2D eigenvalue weighted by atomic mass is 10.1. The Morgan fingerprint density at radius 3 is 2.43 bits per heavy atom. The van der Waals surface area contributed by atoms with Gasteiger partial charge in [-0.15, -0.1) is 0 Å². The average Bonchev–Trinajstić information content (AvgIpc) is 2.50. The third kappa shape index (κ3) is 4.03. The van der Waals surface area contributed by atoms with Crippen LogP contribution in [-0.4, -0.2) is 14.8 Å². The van der Waals surface area contributed by atoms with E-state index >= 15 is 0 Å². The van der Waals surface area contributed by atoms with Crippen LogP contribution in [0.3, 0.4) is 0 Å². The maximum absolute atomic E-state index is 12.4. The van der Waals surface area contributed by atoms with Crippen molar-refractivity contribution in [2.45, 2.75) is 18.6 Å². The molecule has 0 saturated carbocycles. The number of hydrogen-bond donors (Lipinski definition) is 2. The first kappa shape index (κ1) is 15.5. The Kier molecular flexibility index (Phi) is 5.31. The van der Waals surface area contributed by atoms with E-state index in [4.69, 9.17) is 0 Å². The van der Waals surface area contributed by atoms with Crippen LogP contribution in [0.2, 0.25) is 0 Å². The van der Waals surface area contributed by atoms with Gasteiger partial charge in [0.15, 0.2) is 11.5 Å². The van der Waals surface area contributed by atoms with Gasteiger partial charge in [0, 0.05) is 5.56 Å². The Hall–Kier alpha value is -1.91. The minimum Gasteiger partial charge on any atom is -0.611 e. The zero-order chi connectivity index (χ0) is 15.2. The van der Waals surface area contributed by atoms with Gasteiger partial charge in [-0.3, -0.25) is 0 Å². The van der Waals surface area contributed by atoms with E-state index in [0.29, 0.717) is 5.56 Å². The number of rotatable bonds is 5. The number of aromatic hydroxyl groups is 2. The molecule has 0 bridgehead atoms. The zero-order valence-corrected chi connectivity index (χ0v) is 12.6. The Morgan fingerprint density at radius 2 is 1.81 bits per heavy atom. The van der Waals surface area contributed by atoms with Crippen molar-refractivity contribution >= 4 is 17.3 Å². The molecule has 2 aromatic carbocycles. The van der Waals surface area contributed by atoms with Crippen molar-refractivity contribution in [3.63, 3.8) is 0 Å². The predicted molar refractivity (Wildman–Crippen MR) is 86.4 cm³/mol. The highest BCUT2D eigenvalue weighted by atomic mass is 32.2. The molecule has 110 valence electrons. The van der Waals surface area contributed by atoms with Gasteiger partial charge in [-0.1, -0.05) is 43.3 Å². The number of hydrogen-bond acceptors (Lipinski definition) is 3. The summed E-state index contributed by atoms with van der Waals surface area (Å²) >= 11 is -1.15. The molecule has 2 atom stereocenters. The van der Waals surface area contributed by atoms with E-state index in [0.717, 1.165) is 12.0 Å². The van der Waals surface area contributed by atoms with Crippen molar-refractivity contribution in [2.75, 3.05) is 0 Å². The molecule has 0 aliphatic heterocycles. The summed E-state index contributed by atoms with van der Waals surface area (Å²) in [5, 5.41) is 20.3. The molecule has 3 nitrogen and oxygen atoms in total. The first-order valence-electron chi connectivity index (χ1n) is 6.76. The van der Waals surface area contributed by atoms with Crippen LogP contribution in [0.25, 0.3) is 6.08 Å². The molecule has 0 heterocycles. The SMILES string of the molecule is CCC(c1ccccc1)[S+]([O-])C=Cc1ccc(O)c(O)c1. The highest BCUT2D eigenvalue weighted by Crippen LogP contribution is 2.29. The monoisotopic (exact) mass is 302 g/mol. The molecule has 4 heteroatoms. The average molecular weight is 302 g/mol. The van der Waals surface area contributed by atoms with Crippen LogP contribution < -0.4 is 0 Å². The summed E-state index contributed by atoms with van der Waals surface area (Å²) in [4.78, 5) is 0. The molecule has 2 N–H and O–H groups in total. The molecule has 0 spiro atoms. The second kappa shape index (κ2) is 7.20. The molecular weight excluding hydrogens is 284 g/mol. The Balaban J connectivity index is 2.13. The van der Waals surface area contributed by atoms with E-state index in [2.05, 4.69) is 0 Å². The van der Waals surface area contributed by atoms with Crippen LogP contribution >= 0.6 is 0 Å². The van der Waals surface area contributed by atoms with Crippen LogP contribution in [0.15, 0.2) is 53.9 Å². The van der Waals surface area contributed by atoms with Crippen molar-refractivity contribution in [2.24, 2.45) is 0 Å². The Labute approximate surface area is 127 Å². The maximum atomic E-state index is 12.4. The molecule has 21 heavy (non-hydrogen) atoms. The molecule has 2 aromatic rings. The predicted octanol–water partition coefficient (Wildman–Crippen LogP) is 3.97. The van der Waals surface area contributed by atoms with E-state index < -0.39 is 11.2 Å². The normalized spacial score (nSPS) is 14.2. The fourth-order valence-corrected chi connectivity index (χ4v) is 3.32. The third-order valence-corrected chi connectivity index (χ3v) is 4.79. The van der Waals surface area contributed by atoms with Gasteiger partial charge < -0.3 is 14.8 Å². The summed E-state index contributed by atoms with van der Waals surface area (Å²) in [6.45, 7) is 2.01. The van der Waals surface area contributed by atoms with Crippen LogP contribution in [0.4, 0.5) is 0 Å². The molecule has 0 aliphatic rings. The first-order valence-corrected chi connectivity index (χ1v) is 8.04. The second-order valence-electron chi connectivity index (χ2n) is 4.69. The fraction of sp³-hybridized carbons (Fsp3) is 0.176. The second-order valence-corrected chi connectivity index (χ2v) is 6.19. The molecule has 0 saturated heterocycles. The number of phenols is 2. The van der Waals surface area contributed by atoms with Crippen LogP contribution in [0, 0.1) is 0 Å². The van der Waals surface area contributed by atoms with E-state index in [1.54, 1.807) is 17.6 Å². The van der Waals surface area contributed by atoms with Crippen LogP contribution in [-0.2, 0) is 11.2 Å². The van der Waals surface area contributed by atoms with Crippen LogP contribution in [0.1, 0.15) is 29.7 Å². The van der Waals surface area contributed by atoms with Crippen molar-refractivity contribution < 1.29 is 14.8 Å². The van der Waals surface area contributed by atoms with Gasteiger partial charge in [-0.25, -0.2) is 0 Å². The molecule has 2 unspecified atom stereocenters. The largest absolute Gasteiger partial charge is 0.611 e. The number of phenolic OH excluding ortho intramolecular Hbond substituents is 2. The van der Waals surface area contributed by atoms with Gasteiger partial charge >= 0.3 is 0 Å². The summed E-state index contributed by atoms with van der Waals surface area (Å²) in [6.07, 6.45) is 2.47. The minimum absolute atomic E-state index is 0.0480. The van der Waals surface area contributed by atoms with Gasteiger partial charge in [-0.2, -0.15) is 0 Å². The van der Waals surface area contributed by atoms with Crippen molar-refractivity contribution in [1.29, 1.82) is 0 Å². The third-order valence-electron chi connectivity index (χ3n) is 3.22. The van der Waals surface area contributed by atoms with Crippen LogP contribution in [0.5, 0.6) is 11.5 Å². The zero-order valence-electron chi connectivity index (χ0n) is 11.8. The number of benzene rings is 2. The van der Waals surface area contributed by atoms with Crippen molar-refractivity contribution in [1.82, 2.24) is 0 Å². The lowest BCUT2D eigenvalue weighted by molar-refractivity contribution is 0.403. The minimum atomic E-state index is -1.15. The van der Waals surface area contributed by atoms with Gasteiger partial charge in [0.25, 0.3) is 0 Å². The quantitative estimate of drug-likeness (QED) is 0.649. The smallest absolute Gasteiger partial charge is 0.157 e. The molecule has 0 aliphatic carbocycles. The summed E-state index contributed by atoms with van der Waals surface area (Å²) < 4.78 is 12.4. The maximum Gasteiger partial charge on any atom is 0.157 e. The van der Waals surface area contributed by atoms with E-state index in [1.807, 2.05) is 37.3 Å². The first-order chi connectivity index (χ1) is 10.1. The van der Waals surface area contributed by atoms with Gasteiger partial charge in [-0.05, 0) is 41.4 Å². The highest BCUT2D eigenvalue weighted by Gasteiger charge is 2.20.